The molecule has 9 heteroatoms. The molecule has 2 N–H and O–H groups in total. The molecule has 1 aromatic carbocycles. The van der Waals surface area contributed by atoms with Crippen molar-refractivity contribution in [3.63, 3.8) is 0 Å². The van der Waals surface area contributed by atoms with Crippen molar-refractivity contribution in [3.05, 3.63) is 41.3 Å². The van der Waals surface area contributed by atoms with Gasteiger partial charge in [0.05, 0.1) is 18.3 Å². The lowest BCUT2D eigenvalue weighted by molar-refractivity contribution is 0.0222. The van der Waals surface area contributed by atoms with Crippen LogP contribution in [-0.2, 0) is 24.8 Å². The Morgan fingerprint density at radius 2 is 2.07 bits per heavy atom. The number of carbonyl (C=O) groups is 2. The maximum absolute atomic E-state index is 12.9. The number of benzene rings is 1. The largest absolute Gasteiger partial charge is 0.444 e. The van der Waals surface area contributed by atoms with Gasteiger partial charge in [-0.1, -0.05) is 0 Å². The Hall–Kier alpha value is -3.36. The molecule has 9 nitrogen and oxygen atoms in total. The Balaban J connectivity index is 1.56. The van der Waals surface area contributed by atoms with Crippen LogP contribution in [0.5, 0.6) is 0 Å². The number of H-pyrrole nitrogens is 1. The van der Waals surface area contributed by atoms with E-state index in [4.69, 9.17) is 4.74 Å². The zero-order chi connectivity index (χ0) is 20.8. The third-order valence-electron chi connectivity index (χ3n) is 4.81. The summed E-state index contributed by atoms with van der Waals surface area (Å²) in [4.78, 5) is 27.0. The summed E-state index contributed by atoms with van der Waals surface area (Å²) < 4.78 is 7.20. The number of aromatic nitrogens is 4. The minimum Gasteiger partial charge on any atom is -0.444 e. The van der Waals surface area contributed by atoms with E-state index in [9.17, 15) is 9.59 Å². The average Bonchev–Trinajstić information content (AvgIpc) is 3.24. The van der Waals surface area contributed by atoms with E-state index in [1.807, 2.05) is 46.0 Å². The minimum absolute atomic E-state index is 0.292. The predicted molar refractivity (Wildman–Crippen MR) is 108 cm³/mol. The second-order valence-corrected chi connectivity index (χ2v) is 8.18. The molecule has 4 rings (SSSR count). The number of ether oxygens (including phenoxy) is 1. The molecule has 3 aromatic rings. The van der Waals surface area contributed by atoms with E-state index in [-0.39, 0.29) is 12.0 Å². The lowest BCUT2D eigenvalue weighted by Gasteiger charge is -2.30. The fraction of sp³-hybridized carbons (Fsp3) is 0.400. The Morgan fingerprint density at radius 1 is 1.28 bits per heavy atom. The van der Waals surface area contributed by atoms with Crippen LogP contribution in [0.15, 0.2) is 24.4 Å². The van der Waals surface area contributed by atoms with Crippen LogP contribution in [0.3, 0.4) is 0 Å². The molecule has 0 saturated heterocycles. The van der Waals surface area contributed by atoms with Gasteiger partial charge in [-0.25, -0.2) is 4.79 Å². The van der Waals surface area contributed by atoms with Gasteiger partial charge in [-0.15, -0.1) is 0 Å². The summed E-state index contributed by atoms with van der Waals surface area (Å²) in [6, 6.07) is 5.52. The number of fused-ring (bicyclic) bond motifs is 2. The SMILES string of the molecule is Cn1nc(C(=O)Nc2ccc3cn[nH]c3c2)c2c1CCN(C(=O)OC(C)(C)C)C2. The van der Waals surface area contributed by atoms with Gasteiger partial charge in [0.25, 0.3) is 5.91 Å². The molecule has 3 heterocycles. The molecule has 1 aliphatic heterocycles. The maximum Gasteiger partial charge on any atom is 0.410 e. The van der Waals surface area contributed by atoms with Crippen molar-refractivity contribution in [2.45, 2.75) is 39.3 Å². The monoisotopic (exact) mass is 396 g/mol. The lowest BCUT2D eigenvalue weighted by Crippen LogP contribution is -2.40. The Labute approximate surface area is 168 Å². The number of anilines is 1. The topological polar surface area (TPSA) is 105 Å². The van der Waals surface area contributed by atoms with Crippen molar-refractivity contribution >= 4 is 28.6 Å². The van der Waals surface area contributed by atoms with E-state index in [1.54, 1.807) is 15.8 Å². The van der Waals surface area contributed by atoms with Crippen LogP contribution < -0.4 is 5.32 Å². The highest BCUT2D eigenvalue weighted by molar-refractivity contribution is 6.05. The van der Waals surface area contributed by atoms with E-state index in [1.165, 1.54) is 0 Å². The van der Waals surface area contributed by atoms with Crippen LogP contribution >= 0.6 is 0 Å². The first-order valence-electron chi connectivity index (χ1n) is 9.48. The molecular formula is C20H24N6O3. The summed E-state index contributed by atoms with van der Waals surface area (Å²) in [6.07, 6.45) is 1.95. The van der Waals surface area contributed by atoms with Crippen molar-refractivity contribution in [1.82, 2.24) is 24.9 Å². The second kappa shape index (κ2) is 6.91. The standard InChI is InChI=1S/C20H24N6O3/c1-20(2,3)29-19(28)26-8-7-16-14(11-26)17(24-25(16)4)18(27)22-13-6-5-12-10-21-23-15(12)9-13/h5-6,9-10H,7-8,11H2,1-4H3,(H,21,23)(H,22,27). The van der Waals surface area contributed by atoms with Crippen LogP contribution in [0.2, 0.25) is 0 Å². The first kappa shape index (κ1) is 19.0. The number of nitrogens with one attached hydrogen (secondary N) is 2. The lowest BCUT2D eigenvalue weighted by atomic mass is 10.0. The fourth-order valence-corrected chi connectivity index (χ4v) is 3.46. The van der Waals surface area contributed by atoms with Crippen LogP contribution in [0.4, 0.5) is 10.5 Å². The van der Waals surface area contributed by atoms with E-state index in [0.29, 0.717) is 30.9 Å². The summed E-state index contributed by atoms with van der Waals surface area (Å²) >= 11 is 0. The van der Waals surface area contributed by atoms with Gasteiger partial charge in [0, 0.05) is 42.3 Å². The number of hydrogen-bond donors (Lipinski definition) is 2. The highest BCUT2D eigenvalue weighted by atomic mass is 16.6. The maximum atomic E-state index is 12.9. The van der Waals surface area contributed by atoms with Gasteiger partial charge >= 0.3 is 6.09 Å². The fourth-order valence-electron chi connectivity index (χ4n) is 3.46. The van der Waals surface area contributed by atoms with Gasteiger partial charge in [0.1, 0.15) is 5.60 Å². The summed E-state index contributed by atoms with van der Waals surface area (Å²) in [5.41, 5.74) is 2.94. The number of carbonyl (C=O) groups excluding carboxylic acids is 2. The molecule has 0 bridgehead atoms. The molecule has 1 aliphatic rings. The normalized spacial score (nSPS) is 14.0. The molecule has 0 aliphatic carbocycles. The van der Waals surface area contributed by atoms with E-state index in [2.05, 4.69) is 20.6 Å². The summed E-state index contributed by atoms with van der Waals surface area (Å²) in [7, 11) is 1.81. The first-order chi connectivity index (χ1) is 13.7. The smallest absolute Gasteiger partial charge is 0.410 e. The molecule has 0 unspecified atom stereocenters. The second-order valence-electron chi connectivity index (χ2n) is 8.18. The molecular weight excluding hydrogens is 372 g/mol. The number of amides is 2. The number of aromatic amines is 1. The molecule has 0 saturated carbocycles. The average molecular weight is 396 g/mol. The van der Waals surface area contributed by atoms with Gasteiger partial charge in [-0.2, -0.15) is 10.2 Å². The molecule has 2 amide bonds. The van der Waals surface area contributed by atoms with Crippen molar-refractivity contribution in [2.24, 2.45) is 7.05 Å². The predicted octanol–water partition coefficient (Wildman–Crippen LogP) is 2.84. The summed E-state index contributed by atoms with van der Waals surface area (Å²) in [5.74, 6) is -0.313. The van der Waals surface area contributed by atoms with Crippen molar-refractivity contribution in [3.8, 4) is 0 Å². The van der Waals surface area contributed by atoms with E-state index in [0.717, 1.165) is 22.2 Å². The Morgan fingerprint density at radius 3 is 2.83 bits per heavy atom. The van der Waals surface area contributed by atoms with Gasteiger partial charge in [0.15, 0.2) is 5.69 Å². The van der Waals surface area contributed by atoms with E-state index < -0.39 is 5.60 Å². The zero-order valence-corrected chi connectivity index (χ0v) is 16.9. The first-order valence-corrected chi connectivity index (χ1v) is 9.48. The van der Waals surface area contributed by atoms with Crippen molar-refractivity contribution in [2.75, 3.05) is 11.9 Å². The van der Waals surface area contributed by atoms with Crippen LogP contribution in [-0.4, -0.2) is 49.0 Å². The number of hydrogen-bond acceptors (Lipinski definition) is 5. The zero-order valence-electron chi connectivity index (χ0n) is 16.9. The third-order valence-corrected chi connectivity index (χ3v) is 4.81. The van der Waals surface area contributed by atoms with Gasteiger partial charge < -0.3 is 15.0 Å². The Kier molecular flexibility index (Phi) is 4.52. The minimum atomic E-state index is -0.572. The molecule has 0 atom stereocenters. The molecule has 152 valence electrons. The van der Waals surface area contributed by atoms with E-state index >= 15 is 0 Å². The molecule has 0 spiro atoms. The molecule has 0 radical (unpaired) electrons. The quantitative estimate of drug-likeness (QED) is 0.693. The van der Waals surface area contributed by atoms with Gasteiger partial charge in [-0.3, -0.25) is 14.6 Å². The highest BCUT2D eigenvalue weighted by Gasteiger charge is 2.31. The van der Waals surface area contributed by atoms with Crippen LogP contribution in [0.1, 0.15) is 42.5 Å². The Bertz CT molecular complexity index is 1090. The summed E-state index contributed by atoms with van der Waals surface area (Å²) in [5, 5.41) is 15.1. The molecule has 0 fully saturated rings. The third kappa shape index (κ3) is 3.80. The van der Waals surface area contributed by atoms with Crippen LogP contribution in [0.25, 0.3) is 10.9 Å². The summed E-state index contributed by atoms with van der Waals surface area (Å²) in [6.45, 7) is 6.32. The van der Waals surface area contributed by atoms with Crippen molar-refractivity contribution < 1.29 is 14.3 Å². The van der Waals surface area contributed by atoms with Gasteiger partial charge in [-0.05, 0) is 39.0 Å². The molecule has 29 heavy (non-hydrogen) atoms. The van der Waals surface area contributed by atoms with Gasteiger partial charge in [0.2, 0.25) is 0 Å². The molecule has 2 aromatic heterocycles. The van der Waals surface area contributed by atoms with Crippen molar-refractivity contribution in [1.29, 1.82) is 0 Å². The number of rotatable bonds is 2. The number of aryl methyl sites for hydroxylation is 1. The number of nitrogens with zero attached hydrogens (tertiary/aromatic N) is 4. The highest BCUT2D eigenvalue weighted by Crippen LogP contribution is 2.25. The van der Waals surface area contributed by atoms with Crippen LogP contribution in [0, 0.1) is 0 Å².